The van der Waals surface area contributed by atoms with E-state index in [2.05, 4.69) is 31.1 Å². The summed E-state index contributed by atoms with van der Waals surface area (Å²) in [5.74, 6) is 0.892. The monoisotopic (exact) mass is 168 g/mol. The quantitative estimate of drug-likeness (QED) is 0.416. The van der Waals surface area contributed by atoms with E-state index in [0.717, 1.165) is 0 Å². The minimum absolute atomic E-state index is 0.367. The molecule has 2 rings (SSSR count). The maximum absolute atomic E-state index is 5.48. The fourth-order valence-electron chi connectivity index (χ4n) is 0.812. The van der Waals surface area contributed by atoms with Crippen LogP contribution in [0.2, 0.25) is 0 Å². The van der Waals surface area contributed by atoms with Gasteiger partial charge < -0.3 is 5.73 Å². The fraction of sp³-hybridized carbons (Fsp3) is 0.250. The third-order valence-electron chi connectivity index (χ3n) is 1.35. The number of hydrazone groups is 1. The Hall–Kier alpha value is -1.99. The highest BCUT2D eigenvalue weighted by Gasteiger charge is 2.13. The second-order valence-corrected chi connectivity index (χ2v) is 2.16. The Balaban J connectivity index is 2.00. The molecule has 0 fully saturated rings. The first-order chi connectivity index (χ1) is 5.86. The van der Waals surface area contributed by atoms with Gasteiger partial charge in [-0.2, -0.15) is 10.1 Å². The van der Waals surface area contributed by atoms with Gasteiger partial charge in [0.2, 0.25) is 11.9 Å². The molecule has 0 aromatic carbocycles. The van der Waals surface area contributed by atoms with Crippen molar-refractivity contribution in [3.05, 3.63) is 6.33 Å². The molecular formula is C4H8N8. The molecule has 1 aromatic rings. The van der Waals surface area contributed by atoms with Crippen molar-refractivity contribution in [2.45, 2.75) is 0 Å². The molecule has 0 radical (unpaired) electrons. The van der Waals surface area contributed by atoms with Crippen LogP contribution in [0.15, 0.2) is 11.4 Å². The highest BCUT2D eigenvalue weighted by atomic mass is 15.7. The highest BCUT2D eigenvalue weighted by Crippen LogP contribution is 1.97. The van der Waals surface area contributed by atoms with Crippen LogP contribution in [0.4, 0.5) is 5.95 Å². The first-order valence-electron chi connectivity index (χ1n) is 3.32. The molecule has 0 aliphatic carbocycles. The van der Waals surface area contributed by atoms with Gasteiger partial charge in [0.05, 0.1) is 0 Å². The predicted octanol–water partition coefficient (Wildman–Crippen LogP) is -1.78. The summed E-state index contributed by atoms with van der Waals surface area (Å²) in [5, 5.41) is 11.6. The summed E-state index contributed by atoms with van der Waals surface area (Å²) in [5.41, 5.74) is 11.0. The maximum Gasteiger partial charge on any atom is 0.237 e. The molecule has 12 heavy (non-hydrogen) atoms. The van der Waals surface area contributed by atoms with Gasteiger partial charge in [-0.15, -0.1) is 5.10 Å². The van der Waals surface area contributed by atoms with E-state index in [0.29, 0.717) is 18.6 Å². The van der Waals surface area contributed by atoms with Gasteiger partial charge in [0.15, 0.2) is 0 Å². The zero-order valence-corrected chi connectivity index (χ0v) is 6.15. The van der Waals surface area contributed by atoms with Crippen molar-refractivity contribution in [1.29, 1.82) is 0 Å². The molecule has 2 heterocycles. The van der Waals surface area contributed by atoms with Crippen LogP contribution in [0.25, 0.3) is 0 Å². The summed E-state index contributed by atoms with van der Waals surface area (Å²) < 4.78 is 0. The average molecular weight is 168 g/mol. The van der Waals surface area contributed by atoms with Gasteiger partial charge in [-0.25, -0.2) is 10.1 Å². The second-order valence-electron chi connectivity index (χ2n) is 2.16. The van der Waals surface area contributed by atoms with Crippen LogP contribution in [0, 0.1) is 0 Å². The van der Waals surface area contributed by atoms with Crippen molar-refractivity contribution in [3.8, 4) is 0 Å². The van der Waals surface area contributed by atoms with Gasteiger partial charge in [0.1, 0.15) is 13.0 Å². The van der Waals surface area contributed by atoms with Crippen LogP contribution >= 0.6 is 0 Å². The molecule has 0 unspecified atom stereocenters. The first-order valence-corrected chi connectivity index (χ1v) is 3.32. The normalized spacial score (nSPS) is 15.7. The Morgan fingerprint density at radius 1 is 1.67 bits per heavy atom. The minimum atomic E-state index is 0.367. The Kier molecular flexibility index (Phi) is 1.43. The van der Waals surface area contributed by atoms with Gasteiger partial charge in [0.25, 0.3) is 0 Å². The number of nitrogens with one attached hydrogen (secondary N) is 3. The Labute approximate surface area is 67.8 Å². The lowest BCUT2D eigenvalue weighted by molar-refractivity contribution is 0.490. The smallest absolute Gasteiger partial charge is 0.237 e. The molecule has 1 aliphatic heterocycles. The van der Waals surface area contributed by atoms with Crippen LogP contribution < -0.4 is 16.6 Å². The van der Waals surface area contributed by atoms with E-state index < -0.39 is 0 Å². The van der Waals surface area contributed by atoms with Crippen molar-refractivity contribution in [2.24, 2.45) is 10.8 Å². The van der Waals surface area contributed by atoms with E-state index in [-0.39, 0.29) is 0 Å². The number of nitrogens with zero attached hydrogens (tertiary/aromatic N) is 4. The van der Waals surface area contributed by atoms with Gasteiger partial charge in [-0.1, -0.05) is 0 Å². The summed E-state index contributed by atoms with van der Waals surface area (Å²) in [6.07, 6.45) is 1.40. The van der Waals surface area contributed by atoms with Crippen molar-refractivity contribution >= 4 is 11.9 Å². The van der Waals surface area contributed by atoms with Crippen LogP contribution in [0.3, 0.4) is 0 Å². The molecule has 64 valence electrons. The first kappa shape index (κ1) is 6.70. The van der Waals surface area contributed by atoms with Gasteiger partial charge >= 0.3 is 0 Å². The number of nitrogens with two attached hydrogens (primary N) is 1. The lowest BCUT2D eigenvalue weighted by Crippen LogP contribution is -2.39. The van der Waals surface area contributed by atoms with E-state index in [1.54, 1.807) is 5.01 Å². The van der Waals surface area contributed by atoms with Crippen LogP contribution in [0.1, 0.15) is 0 Å². The van der Waals surface area contributed by atoms with Crippen molar-refractivity contribution < 1.29 is 0 Å². The van der Waals surface area contributed by atoms with Crippen LogP contribution in [0.5, 0.6) is 0 Å². The predicted molar refractivity (Wildman–Crippen MR) is 41.5 cm³/mol. The summed E-state index contributed by atoms with van der Waals surface area (Å²) in [6, 6.07) is 0. The van der Waals surface area contributed by atoms with Crippen LogP contribution in [-0.4, -0.2) is 32.8 Å². The van der Waals surface area contributed by atoms with Crippen molar-refractivity contribution in [2.75, 3.05) is 12.1 Å². The largest absolute Gasteiger partial charge is 0.367 e. The number of aromatic amines is 1. The number of guanidine groups is 1. The minimum Gasteiger partial charge on any atom is -0.367 e. The van der Waals surface area contributed by atoms with E-state index >= 15 is 0 Å². The van der Waals surface area contributed by atoms with Gasteiger partial charge in [0, 0.05) is 0 Å². The molecule has 1 aromatic heterocycles. The molecule has 0 bridgehead atoms. The zero-order chi connectivity index (χ0) is 8.39. The Morgan fingerprint density at radius 3 is 3.17 bits per heavy atom. The molecule has 5 N–H and O–H groups in total. The summed E-state index contributed by atoms with van der Waals surface area (Å²) >= 11 is 0. The number of H-pyrrole nitrogens is 1. The highest BCUT2D eigenvalue weighted by molar-refractivity contribution is 5.79. The topological polar surface area (TPSA) is 107 Å². The molecular weight excluding hydrogens is 160 g/mol. The molecule has 8 heteroatoms. The van der Waals surface area contributed by atoms with Crippen molar-refractivity contribution in [3.63, 3.8) is 0 Å². The molecule has 8 nitrogen and oxygen atoms in total. The molecule has 1 aliphatic rings. The second kappa shape index (κ2) is 2.57. The van der Waals surface area contributed by atoms with Gasteiger partial charge in [-0.3, -0.25) is 10.9 Å². The number of hydrogen-bond acceptors (Lipinski definition) is 7. The van der Waals surface area contributed by atoms with Crippen LogP contribution in [-0.2, 0) is 0 Å². The number of hydrazine groups is 1. The Morgan fingerprint density at radius 2 is 2.58 bits per heavy atom. The van der Waals surface area contributed by atoms with E-state index in [1.165, 1.54) is 6.33 Å². The number of hydrogen-bond donors (Lipinski definition) is 4. The van der Waals surface area contributed by atoms with Gasteiger partial charge in [-0.05, 0) is 0 Å². The SMILES string of the molecule is NC1=NNCN1Nc1ncn[nH]1. The van der Waals surface area contributed by atoms with Crippen molar-refractivity contribution in [1.82, 2.24) is 25.6 Å². The number of rotatable bonds is 2. The van der Waals surface area contributed by atoms with E-state index in [9.17, 15) is 0 Å². The summed E-state index contributed by atoms with van der Waals surface area (Å²) in [4.78, 5) is 3.86. The molecule has 0 spiro atoms. The maximum atomic E-state index is 5.48. The zero-order valence-electron chi connectivity index (χ0n) is 6.15. The Bertz CT molecular complexity index is 275. The lowest BCUT2D eigenvalue weighted by Gasteiger charge is -2.15. The third-order valence-corrected chi connectivity index (χ3v) is 1.35. The standard InChI is InChI=1S/C4H8N8/c5-3-9-8-2-12(3)11-4-6-1-7-10-4/h1,8H,2H2,(H2,5,9)(H2,6,7,10,11). The average Bonchev–Trinajstić information content (AvgIpc) is 2.65. The number of aromatic nitrogens is 3. The van der Waals surface area contributed by atoms with E-state index in [1.807, 2.05) is 0 Å². The number of anilines is 1. The molecule has 0 saturated carbocycles. The van der Waals surface area contributed by atoms with E-state index in [4.69, 9.17) is 5.73 Å². The lowest BCUT2D eigenvalue weighted by atomic mass is 10.9. The summed E-state index contributed by atoms with van der Waals surface area (Å²) in [7, 11) is 0. The molecule has 0 atom stereocenters. The fourth-order valence-corrected chi connectivity index (χ4v) is 0.812. The third kappa shape index (κ3) is 1.09. The summed E-state index contributed by atoms with van der Waals surface area (Å²) in [6.45, 7) is 0.506. The molecule has 0 saturated heterocycles. The molecule has 0 amide bonds.